The normalized spacial score (nSPS) is 14.4. The molecule has 2 fully saturated rings. The fourth-order valence-electron chi connectivity index (χ4n) is 13.7. The van der Waals surface area contributed by atoms with Gasteiger partial charge in [-0.05, 0) is 165 Å². The van der Waals surface area contributed by atoms with Crippen molar-refractivity contribution in [2.45, 2.75) is 153 Å². The average molecular weight is 1320 g/mol. The van der Waals surface area contributed by atoms with Crippen molar-refractivity contribution in [1.29, 1.82) is 0 Å². The van der Waals surface area contributed by atoms with Gasteiger partial charge in [-0.3, -0.25) is 44.1 Å². The molecule has 0 spiro atoms. The van der Waals surface area contributed by atoms with Gasteiger partial charge in [-0.2, -0.15) is 0 Å². The predicted molar refractivity (Wildman–Crippen MR) is 376 cm³/mol. The van der Waals surface area contributed by atoms with Crippen molar-refractivity contribution in [2.24, 2.45) is 0 Å². The summed E-state index contributed by atoms with van der Waals surface area (Å²) < 4.78 is 18.6. The Bertz CT molecular complexity index is 3410. The molecule has 0 aliphatic heterocycles. The lowest BCUT2D eigenvalue weighted by molar-refractivity contribution is -0.140. The molecule has 2 aliphatic rings. The van der Waals surface area contributed by atoms with Gasteiger partial charge in [0.15, 0.2) is 5.78 Å². The van der Waals surface area contributed by atoms with E-state index in [1.165, 1.54) is 0 Å². The molecule has 4 heterocycles. The number of halogens is 2. The Balaban J connectivity index is 0.766. The number of amides is 2. The molecule has 2 amide bonds. The van der Waals surface area contributed by atoms with E-state index < -0.39 is 10.8 Å². The van der Waals surface area contributed by atoms with E-state index in [0.29, 0.717) is 140 Å². The summed E-state index contributed by atoms with van der Waals surface area (Å²) in [5.74, 6) is 1.12. The van der Waals surface area contributed by atoms with E-state index in [2.05, 4.69) is 52.3 Å². The molecule has 2 saturated carbocycles. The van der Waals surface area contributed by atoms with E-state index >= 15 is 4.79 Å². The Hall–Kier alpha value is -7.69. The zero-order chi connectivity index (χ0) is 65.9. The molecule has 0 bridgehead atoms. The van der Waals surface area contributed by atoms with Crippen LogP contribution in [0.3, 0.4) is 0 Å². The molecule has 0 radical (unpaired) electrons. The van der Waals surface area contributed by atoms with Crippen LogP contribution in [0.4, 0.5) is 0 Å². The van der Waals surface area contributed by atoms with Crippen LogP contribution in [0.5, 0.6) is 5.75 Å². The molecular formula is C79H92Cl2N8O6. The first-order valence-electron chi connectivity index (χ1n) is 34.2. The molecule has 0 N–H and O–H groups in total. The second kappa shape index (κ2) is 36.4. The van der Waals surface area contributed by atoms with Crippen LogP contribution in [0.15, 0.2) is 189 Å². The molecule has 10 rings (SSSR count). The molecular weight excluding hydrogens is 1230 g/mol. The number of likely N-dealkylation sites (N-methyl/N-ethyl adjacent to an activating group) is 1. The van der Waals surface area contributed by atoms with Crippen molar-refractivity contribution >= 4 is 40.8 Å². The molecule has 0 unspecified atom stereocenters. The van der Waals surface area contributed by atoms with Gasteiger partial charge < -0.3 is 24.0 Å². The highest BCUT2D eigenvalue weighted by Gasteiger charge is 2.45. The highest BCUT2D eigenvalue weighted by atomic mass is 35.5. The third-order valence-electron chi connectivity index (χ3n) is 18.6. The molecule has 0 saturated heterocycles. The van der Waals surface area contributed by atoms with Gasteiger partial charge in [-0.25, -0.2) is 0 Å². The minimum Gasteiger partial charge on any atom is -0.494 e. The zero-order valence-corrected chi connectivity index (χ0v) is 56.7. The number of Topliss-reactive ketones (excluding diaryl/α,β-unsaturated/α-hetero) is 1. The Labute approximate surface area is 572 Å². The van der Waals surface area contributed by atoms with Crippen LogP contribution in [0.25, 0.3) is 0 Å². The number of rotatable bonds is 36. The lowest BCUT2D eigenvalue weighted by Crippen LogP contribution is -2.49. The molecule has 498 valence electrons. The second-order valence-corrected chi connectivity index (χ2v) is 26.3. The molecule has 95 heavy (non-hydrogen) atoms. The van der Waals surface area contributed by atoms with Gasteiger partial charge in [-0.1, -0.05) is 141 Å². The maximum absolute atomic E-state index is 15.5. The van der Waals surface area contributed by atoms with Crippen LogP contribution < -0.4 is 4.74 Å². The fourth-order valence-corrected chi connectivity index (χ4v) is 13.9. The van der Waals surface area contributed by atoms with Crippen molar-refractivity contribution in [3.8, 4) is 5.75 Å². The van der Waals surface area contributed by atoms with Crippen molar-refractivity contribution in [2.75, 3.05) is 52.7 Å². The van der Waals surface area contributed by atoms with Crippen LogP contribution >= 0.6 is 23.2 Å². The fraction of sp³-hybridized carbons (Fsp3) is 0.405. The van der Waals surface area contributed by atoms with Crippen molar-refractivity contribution in [3.05, 3.63) is 255 Å². The smallest absolute Gasteiger partial charge is 0.233 e. The molecule has 16 heteroatoms. The summed E-state index contributed by atoms with van der Waals surface area (Å²) >= 11 is 12.7. The van der Waals surface area contributed by atoms with Crippen LogP contribution in [-0.2, 0) is 75.7 Å². The van der Waals surface area contributed by atoms with E-state index in [9.17, 15) is 9.59 Å². The summed E-state index contributed by atoms with van der Waals surface area (Å²) in [7, 11) is 0. The summed E-state index contributed by atoms with van der Waals surface area (Å²) in [6.07, 6.45) is 19.2. The number of ether oxygens (including phenoxy) is 3. The first-order valence-corrected chi connectivity index (χ1v) is 35.0. The van der Waals surface area contributed by atoms with Gasteiger partial charge in [0.25, 0.3) is 0 Å². The molecule has 14 nitrogen and oxygen atoms in total. The summed E-state index contributed by atoms with van der Waals surface area (Å²) in [6.45, 7) is 9.98. The maximum Gasteiger partial charge on any atom is 0.233 e. The number of hydrogen-bond acceptors (Lipinski definition) is 12. The summed E-state index contributed by atoms with van der Waals surface area (Å²) in [6, 6.07) is 54.2. The highest BCUT2D eigenvalue weighted by Crippen LogP contribution is 2.43. The number of ketones is 1. The van der Waals surface area contributed by atoms with Crippen LogP contribution in [0.1, 0.15) is 158 Å². The Morgan fingerprint density at radius 3 is 1.33 bits per heavy atom. The maximum atomic E-state index is 15.5. The standard InChI is InChI=1S/C79H92Cl2N8O6/c1-2-88(76(91)78(37-9-3-10-38-78)66-29-33-68(80)34-30-66)46-49-94-51-50-93-47-19-24-75(90)65-27-25-62(26-28-65)57-89(77(92)79(39-11-4-12-40-79)67-31-35-69(81)36-32-67)45-17-18-48-95-74-53-63(55-86(58-70-20-5-13-41-82-70)59-71-21-6-14-42-83-71)52-64(54-74)56-87(60-72-22-7-15-43-84-72)61-73-23-8-16-44-85-73/h5-8,13-16,20-23,25-36,41-44,52-54H,2-4,9-12,17-19,24,37-40,45-51,55-61H2,1H3. The second-order valence-electron chi connectivity index (χ2n) is 25.5. The highest BCUT2D eigenvalue weighted by molar-refractivity contribution is 6.30. The van der Waals surface area contributed by atoms with Gasteiger partial charge >= 0.3 is 0 Å². The monoisotopic (exact) mass is 1320 g/mol. The number of hydrogen-bond donors (Lipinski definition) is 0. The van der Waals surface area contributed by atoms with E-state index in [0.717, 1.165) is 121 Å². The minimum atomic E-state index is -0.671. The SMILES string of the molecule is CCN(CCOCCOCCCC(=O)c1ccc(CN(CCCCOc2cc(CN(Cc3ccccn3)Cc3ccccn3)cc(CN(Cc3ccccn3)Cc3ccccn3)c2)C(=O)C2(c3ccc(Cl)cc3)CCCCC2)cc1)C(=O)C1(c2ccc(Cl)cc2)CCCCC1. The first kappa shape index (κ1) is 70.1. The Morgan fingerprint density at radius 2 is 0.884 bits per heavy atom. The van der Waals surface area contributed by atoms with Crippen molar-refractivity contribution < 1.29 is 28.6 Å². The minimum absolute atomic E-state index is 0.0436. The van der Waals surface area contributed by atoms with E-state index in [1.807, 2.05) is 163 Å². The predicted octanol–water partition coefficient (Wildman–Crippen LogP) is 15.8. The number of pyridine rings is 4. The summed E-state index contributed by atoms with van der Waals surface area (Å²) in [5, 5.41) is 1.32. The third-order valence-corrected chi connectivity index (χ3v) is 19.1. The van der Waals surface area contributed by atoms with Gasteiger partial charge in [0.05, 0.1) is 60.0 Å². The van der Waals surface area contributed by atoms with E-state index in [1.54, 1.807) is 0 Å². The molecule has 2 aliphatic carbocycles. The van der Waals surface area contributed by atoms with Crippen molar-refractivity contribution in [1.82, 2.24) is 39.5 Å². The number of carbonyl (C=O) groups is 3. The van der Waals surface area contributed by atoms with Crippen LogP contribution in [-0.4, -0.2) is 110 Å². The summed E-state index contributed by atoms with van der Waals surface area (Å²) in [4.78, 5) is 70.7. The third kappa shape index (κ3) is 20.7. The van der Waals surface area contributed by atoms with Crippen LogP contribution in [0.2, 0.25) is 10.0 Å². The number of unbranched alkanes of at least 4 members (excludes halogenated alkanes) is 1. The number of aromatic nitrogens is 4. The van der Waals surface area contributed by atoms with Gasteiger partial charge in [0.1, 0.15) is 5.75 Å². The Kier molecular flexibility index (Phi) is 26.9. The first-order chi connectivity index (χ1) is 46.5. The topological polar surface area (TPSA) is 143 Å². The summed E-state index contributed by atoms with van der Waals surface area (Å²) in [5.41, 5.74) is 8.58. The largest absolute Gasteiger partial charge is 0.494 e. The molecule has 4 aromatic carbocycles. The molecule has 4 aromatic heterocycles. The lowest BCUT2D eigenvalue weighted by Gasteiger charge is -2.40. The van der Waals surface area contributed by atoms with Gasteiger partial charge in [0, 0.05) is 119 Å². The van der Waals surface area contributed by atoms with Gasteiger partial charge in [-0.15, -0.1) is 0 Å². The van der Waals surface area contributed by atoms with Gasteiger partial charge in [0.2, 0.25) is 11.8 Å². The number of carbonyl (C=O) groups excluding carboxylic acids is 3. The molecule has 0 atom stereocenters. The number of nitrogens with zero attached hydrogens (tertiary/aromatic N) is 8. The molecule has 8 aromatic rings. The quantitative estimate of drug-likeness (QED) is 0.0272. The Morgan fingerprint density at radius 1 is 0.432 bits per heavy atom. The zero-order valence-electron chi connectivity index (χ0n) is 55.2. The van der Waals surface area contributed by atoms with Crippen LogP contribution in [0, 0.1) is 0 Å². The van der Waals surface area contributed by atoms with E-state index in [-0.39, 0.29) is 17.6 Å². The lowest BCUT2D eigenvalue weighted by atomic mass is 9.68. The van der Waals surface area contributed by atoms with Crippen molar-refractivity contribution in [3.63, 3.8) is 0 Å². The number of benzene rings is 4. The average Bonchev–Trinajstić information content (AvgIpc) is 0.840. The van der Waals surface area contributed by atoms with E-state index in [4.69, 9.17) is 57.3 Å².